The van der Waals surface area contributed by atoms with Gasteiger partial charge in [0.25, 0.3) is 0 Å². The highest BCUT2D eigenvalue weighted by Crippen LogP contribution is 1.99. The maximum absolute atomic E-state index is 10.3. The first kappa shape index (κ1) is 14.5. The zero-order chi connectivity index (χ0) is 13.9. The van der Waals surface area contributed by atoms with Gasteiger partial charge in [0.05, 0.1) is 0 Å². The van der Waals surface area contributed by atoms with Crippen molar-refractivity contribution in [3.8, 4) is 0 Å². The van der Waals surface area contributed by atoms with Gasteiger partial charge in [0, 0.05) is 6.08 Å². The van der Waals surface area contributed by atoms with Crippen LogP contribution in [0.4, 0.5) is 0 Å². The number of primary amides is 1. The Bertz CT molecular complexity index is 530. The standard InChI is InChI=1S/C9H9NO.C8H8/c10-9(11)7-6-8-4-2-1-3-5-8;1-2-8-6-4-3-5-7-8/h1-7H,(H2,10,11);2-7H,1H2/b7-6+;. The molecule has 2 nitrogen and oxygen atoms in total. The predicted molar refractivity (Wildman–Crippen MR) is 81.2 cm³/mol. The lowest BCUT2D eigenvalue weighted by atomic mass is 10.2. The zero-order valence-corrected chi connectivity index (χ0v) is 10.7. The van der Waals surface area contributed by atoms with Crippen LogP contribution in [-0.2, 0) is 4.79 Å². The average Bonchev–Trinajstić information content (AvgIpc) is 2.48. The Kier molecular flexibility index (Phi) is 6.45. The molecule has 0 atom stereocenters. The summed E-state index contributed by atoms with van der Waals surface area (Å²) in [5.74, 6) is -0.422. The first-order chi connectivity index (χ1) is 9.22. The van der Waals surface area contributed by atoms with Crippen LogP contribution >= 0.6 is 0 Å². The van der Waals surface area contributed by atoms with Crippen molar-refractivity contribution in [3.05, 3.63) is 84.4 Å². The monoisotopic (exact) mass is 251 g/mol. The molecule has 2 aromatic carbocycles. The van der Waals surface area contributed by atoms with Crippen molar-refractivity contribution in [1.82, 2.24) is 0 Å². The van der Waals surface area contributed by atoms with Gasteiger partial charge in [-0.15, -0.1) is 0 Å². The second kappa shape index (κ2) is 8.48. The molecule has 0 aliphatic rings. The van der Waals surface area contributed by atoms with E-state index < -0.39 is 5.91 Å². The summed E-state index contributed by atoms with van der Waals surface area (Å²) in [5.41, 5.74) is 7.07. The van der Waals surface area contributed by atoms with Gasteiger partial charge in [0.2, 0.25) is 5.91 Å². The molecule has 0 saturated heterocycles. The van der Waals surface area contributed by atoms with Crippen molar-refractivity contribution in [2.24, 2.45) is 5.73 Å². The summed E-state index contributed by atoms with van der Waals surface area (Å²) < 4.78 is 0. The van der Waals surface area contributed by atoms with E-state index in [0.717, 1.165) is 5.56 Å². The van der Waals surface area contributed by atoms with Gasteiger partial charge in [-0.25, -0.2) is 0 Å². The molecule has 2 aromatic rings. The van der Waals surface area contributed by atoms with E-state index in [1.807, 2.05) is 66.7 Å². The molecule has 0 fully saturated rings. The van der Waals surface area contributed by atoms with E-state index in [4.69, 9.17) is 5.73 Å². The molecule has 19 heavy (non-hydrogen) atoms. The number of amides is 1. The molecule has 0 saturated carbocycles. The number of hydrogen-bond donors (Lipinski definition) is 1. The number of benzene rings is 2. The summed E-state index contributed by atoms with van der Waals surface area (Å²) in [6.45, 7) is 3.63. The largest absolute Gasteiger partial charge is 0.366 e. The van der Waals surface area contributed by atoms with Crippen LogP contribution in [0, 0.1) is 0 Å². The smallest absolute Gasteiger partial charge is 0.241 e. The Hall–Kier alpha value is -2.61. The Morgan fingerprint density at radius 3 is 1.74 bits per heavy atom. The average molecular weight is 251 g/mol. The van der Waals surface area contributed by atoms with Crippen LogP contribution in [0.1, 0.15) is 11.1 Å². The summed E-state index contributed by atoms with van der Waals surface area (Å²) >= 11 is 0. The molecule has 0 heterocycles. The zero-order valence-electron chi connectivity index (χ0n) is 10.7. The van der Waals surface area contributed by atoms with Gasteiger partial charge < -0.3 is 5.73 Å². The van der Waals surface area contributed by atoms with Gasteiger partial charge in [-0.2, -0.15) is 0 Å². The second-order valence-electron chi connectivity index (χ2n) is 3.76. The summed E-state index contributed by atoms with van der Waals surface area (Å²) in [7, 11) is 0. The Morgan fingerprint density at radius 1 is 0.895 bits per heavy atom. The number of hydrogen-bond acceptors (Lipinski definition) is 1. The van der Waals surface area contributed by atoms with Crippen LogP contribution in [0.25, 0.3) is 12.2 Å². The van der Waals surface area contributed by atoms with Gasteiger partial charge >= 0.3 is 0 Å². The summed E-state index contributed by atoms with van der Waals surface area (Å²) in [6, 6.07) is 19.6. The summed E-state index contributed by atoms with van der Waals surface area (Å²) in [4.78, 5) is 10.3. The SMILES string of the molecule is C=Cc1ccccc1.NC(=O)/C=C/c1ccccc1. The van der Waals surface area contributed by atoms with Crippen molar-refractivity contribution in [1.29, 1.82) is 0 Å². The Morgan fingerprint density at radius 2 is 1.37 bits per heavy atom. The van der Waals surface area contributed by atoms with Crippen LogP contribution in [0.2, 0.25) is 0 Å². The normalized spacial score (nSPS) is 9.47. The van der Waals surface area contributed by atoms with Crippen molar-refractivity contribution >= 4 is 18.1 Å². The third-order valence-electron chi connectivity index (χ3n) is 2.27. The fourth-order valence-corrected chi connectivity index (χ4v) is 1.33. The maximum atomic E-state index is 10.3. The third kappa shape index (κ3) is 6.64. The fraction of sp³-hybridized carbons (Fsp3) is 0. The van der Waals surface area contributed by atoms with Gasteiger partial charge in [-0.05, 0) is 17.2 Å². The topological polar surface area (TPSA) is 43.1 Å². The molecular weight excluding hydrogens is 234 g/mol. The molecule has 0 bridgehead atoms. The molecule has 96 valence electrons. The maximum Gasteiger partial charge on any atom is 0.241 e. The third-order valence-corrected chi connectivity index (χ3v) is 2.27. The van der Waals surface area contributed by atoms with E-state index in [9.17, 15) is 4.79 Å². The first-order valence-corrected chi connectivity index (χ1v) is 5.92. The molecular formula is C17H17NO. The van der Waals surface area contributed by atoms with Gasteiger partial charge in [-0.1, -0.05) is 73.3 Å². The summed E-state index contributed by atoms with van der Waals surface area (Å²) in [5, 5.41) is 0. The lowest BCUT2D eigenvalue weighted by Gasteiger charge is -1.88. The highest BCUT2D eigenvalue weighted by atomic mass is 16.1. The van der Waals surface area contributed by atoms with E-state index in [-0.39, 0.29) is 0 Å². The molecule has 0 aromatic heterocycles. The molecule has 2 rings (SSSR count). The molecule has 0 unspecified atom stereocenters. The van der Waals surface area contributed by atoms with E-state index in [2.05, 4.69) is 6.58 Å². The molecule has 0 aliphatic heterocycles. The Balaban J connectivity index is 0.000000200. The molecule has 2 heteroatoms. The molecule has 0 spiro atoms. The minimum atomic E-state index is -0.422. The number of nitrogens with two attached hydrogens (primary N) is 1. The van der Waals surface area contributed by atoms with Crippen molar-refractivity contribution in [3.63, 3.8) is 0 Å². The van der Waals surface area contributed by atoms with Gasteiger partial charge in [-0.3, -0.25) is 4.79 Å². The van der Waals surface area contributed by atoms with Crippen LogP contribution in [0.15, 0.2) is 73.3 Å². The van der Waals surface area contributed by atoms with Gasteiger partial charge in [0.1, 0.15) is 0 Å². The second-order valence-corrected chi connectivity index (χ2v) is 3.76. The first-order valence-electron chi connectivity index (χ1n) is 5.92. The fourth-order valence-electron chi connectivity index (χ4n) is 1.33. The lowest BCUT2D eigenvalue weighted by Crippen LogP contribution is -2.04. The van der Waals surface area contributed by atoms with Crippen molar-refractivity contribution < 1.29 is 4.79 Å². The summed E-state index contributed by atoms with van der Waals surface area (Å²) in [6.07, 6.45) is 4.86. The predicted octanol–water partition coefficient (Wildman–Crippen LogP) is 3.51. The van der Waals surface area contributed by atoms with E-state index in [1.165, 1.54) is 11.6 Å². The number of carbonyl (C=O) groups excluding carboxylic acids is 1. The van der Waals surface area contributed by atoms with E-state index in [0.29, 0.717) is 0 Å². The highest BCUT2D eigenvalue weighted by molar-refractivity contribution is 5.90. The van der Waals surface area contributed by atoms with Crippen LogP contribution in [-0.4, -0.2) is 5.91 Å². The number of carbonyl (C=O) groups is 1. The molecule has 0 radical (unpaired) electrons. The van der Waals surface area contributed by atoms with Crippen LogP contribution in [0.3, 0.4) is 0 Å². The van der Waals surface area contributed by atoms with Crippen molar-refractivity contribution in [2.75, 3.05) is 0 Å². The minimum absolute atomic E-state index is 0.422. The quantitative estimate of drug-likeness (QED) is 0.833. The van der Waals surface area contributed by atoms with E-state index in [1.54, 1.807) is 6.08 Å². The van der Waals surface area contributed by atoms with Crippen molar-refractivity contribution in [2.45, 2.75) is 0 Å². The highest BCUT2D eigenvalue weighted by Gasteiger charge is 1.84. The molecule has 0 aliphatic carbocycles. The van der Waals surface area contributed by atoms with E-state index >= 15 is 0 Å². The van der Waals surface area contributed by atoms with Crippen LogP contribution < -0.4 is 5.73 Å². The molecule has 1 amide bonds. The molecule has 2 N–H and O–H groups in total. The van der Waals surface area contributed by atoms with Gasteiger partial charge in [0.15, 0.2) is 0 Å². The van der Waals surface area contributed by atoms with Crippen LogP contribution in [0.5, 0.6) is 0 Å². The minimum Gasteiger partial charge on any atom is -0.366 e. The Labute approximate surface area is 113 Å². The lowest BCUT2D eigenvalue weighted by molar-refractivity contribution is -0.113. The number of rotatable bonds is 3.